The summed E-state index contributed by atoms with van der Waals surface area (Å²) in [7, 11) is 0. The molecule has 0 aromatic carbocycles. The standard InChI is InChI=1S/C10H14N2OS/c1-7-5-14-6-9(7)4-12-10(13)8-2-11-3-8/h5-6,8,11H,2-4H2,1H3,(H,12,13). The van der Waals surface area contributed by atoms with Crippen LogP contribution in [-0.4, -0.2) is 19.0 Å². The third-order valence-corrected chi connectivity index (χ3v) is 3.48. The SMILES string of the molecule is Cc1cscc1CNC(=O)C1CNC1. The van der Waals surface area contributed by atoms with Gasteiger partial charge in [-0.2, -0.15) is 11.3 Å². The van der Waals surface area contributed by atoms with Gasteiger partial charge >= 0.3 is 0 Å². The van der Waals surface area contributed by atoms with Crippen molar-refractivity contribution in [1.29, 1.82) is 0 Å². The number of carbonyl (C=O) groups is 1. The molecule has 0 atom stereocenters. The van der Waals surface area contributed by atoms with E-state index in [9.17, 15) is 4.79 Å². The Kier molecular flexibility index (Phi) is 2.84. The Labute approximate surface area is 87.5 Å². The number of thiophene rings is 1. The lowest BCUT2D eigenvalue weighted by atomic mass is 10.0. The van der Waals surface area contributed by atoms with E-state index >= 15 is 0 Å². The normalized spacial score (nSPS) is 16.4. The highest BCUT2D eigenvalue weighted by Crippen LogP contribution is 2.13. The number of amides is 1. The van der Waals surface area contributed by atoms with Gasteiger partial charge in [-0.05, 0) is 28.8 Å². The Bertz CT molecular complexity index is 331. The highest BCUT2D eigenvalue weighted by atomic mass is 32.1. The predicted molar refractivity (Wildman–Crippen MR) is 57.3 cm³/mol. The van der Waals surface area contributed by atoms with Crippen LogP contribution < -0.4 is 10.6 Å². The van der Waals surface area contributed by atoms with Crippen molar-refractivity contribution in [1.82, 2.24) is 10.6 Å². The molecule has 3 nitrogen and oxygen atoms in total. The molecule has 0 saturated carbocycles. The molecule has 0 spiro atoms. The molecule has 1 aliphatic rings. The monoisotopic (exact) mass is 210 g/mol. The fraction of sp³-hybridized carbons (Fsp3) is 0.500. The van der Waals surface area contributed by atoms with E-state index in [1.54, 1.807) is 11.3 Å². The summed E-state index contributed by atoms with van der Waals surface area (Å²) in [5.74, 6) is 0.364. The molecule has 0 radical (unpaired) electrons. The predicted octanol–water partition coefficient (Wildman–Crippen LogP) is 0.892. The van der Waals surface area contributed by atoms with Crippen molar-refractivity contribution in [3.63, 3.8) is 0 Å². The van der Waals surface area contributed by atoms with Gasteiger partial charge in [-0.3, -0.25) is 4.79 Å². The maximum atomic E-state index is 11.5. The van der Waals surface area contributed by atoms with Crippen LogP contribution in [0.25, 0.3) is 0 Å². The molecule has 1 aromatic rings. The van der Waals surface area contributed by atoms with Crippen LogP contribution in [0.5, 0.6) is 0 Å². The summed E-state index contributed by atoms with van der Waals surface area (Å²) >= 11 is 1.68. The van der Waals surface area contributed by atoms with E-state index in [0.29, 0.717) is 6.54 Å². The fourth-order valence-corrected chi connectivity index (χ4v) is 2.23. The molecule has 4 heteroatoms. The molecular weight excluding hydrogens is 196 g/mol. The lowest BCUT2D eigenvalue weighted by Gasteiger charge is -2.25. The van der Waals surface area contributed by atoms with Crippen LogP contribution in [0.2, 0.25) is 0 Å². The Morgan fingerprint density at radius 3 is 2.93 bits per heavy atom. The Balaban J connectivity index is 1.82. The molecular formula is C10H14N2OS. The molecule has 1 aromatic heterocycles. The average molecular weight is 210 g/mol. The van der Waals surface area contributed by atoms with Gasteiger partial charge in [0, 0.05) is 19.6 Å². The molecule has 76 valence electrons. The Morgan fingerprint density at radius 2 is 2.43 bits per heavy atom. The van der Waals surface area contributed by atoms with Crippen molar-refractivity contribution in [2.45, 2.75) is 13.5 Å². The van der Waals surface area contributed by atoms with E-state index in [0.717, 1.165) is 13.1 Å². The van der Waals surface area contributed by atoms with Gasteiger partial charge in [0.25, 0.3) is 0 Å². The van der Waals surface area contributed by atoms with Gasteiger partial charge in [-0.15, -0.1) is 0 Å². The first kappa shape index (κ1) is 9.68. The number of aryl methyl sites for hydroxylation is 1. The lowest BCUT2D eigenvalue weighted by molar-refractivity contribution is -0.126. The van der Waals surface area contributed by atoms with Gasteiger partial charge in [0.15, 0.2) is 0 Å². The van der Waals surface area contributed by atoms with Crippen LogP contribution in [0.1, 0.15) is 11.1 Å². The zero-order valence-corrected chi connectivity index (χ0v) is 8.99. The van der Waals surface area contributed by atoms with Gasteiger partial charge in [0.05, 0.1) is 5.92 Å². The van der Waals surface area contributed by atoms with E-state index < -0.39 is 0 Å². The van der Waals surface area contributed by atoms with Gasteiger partial charge in [0.2, 0.25) is 5.91 Å². The number of hydrogen-bond donors (Lipinski definition) is 2. The maximum absolute atomic E-state index is 11.5. The van der Waals surface area contributed by atoms with Crippen molar-refractivity contribution >= 4 is 17.2 Å². The van der Waals surface area contributed by atoms with Crippen LogP contribution in [-0.2, 0) is 11.3 Å². The van der Waals surface area contributed by atoms with Crippen molar-refractivity contribution in [3.05, 3.63) is 21.9 Å². The Hall–Kier alpha value is -0.870. The second-order valence-corrected chi connectivity index (χ2v) is 4.40. The minimum atomic E-state index is 0.175. The van der Waals surface area contributed by atoms with Crippen molar-refractivity contribution in [3.8, 4) is 0 Å². The van der Waals surface area contributed by atoms with Crippen molar-refractivity contribution in [2.24, 2.45) is 5.92 Å². The third-order valence-electron chi connectivity index (χ3n) is 2.57. The highest BCUT2D eigenvalue weighted by molar-refractivity contribution is 7.08. The van der Waals surface area contributed by atoms with E-state index in [2.05, 4.69) is 28.3 Å². The molecule has 1 fully saturated rings. The first-order valence-corrected chi connectivity index (χ1v) is 5.72. The summed E-state index contributed by atoms with van der Waals surface area (Å²) in [5.41, 5.74) is 2.50. The molecule has 1 saturated heterocycles. The summed E-state index contributed by atoms with van der Waals surface area (Å²) in [6.07, 6.45) is 0. The molecule has 0 unspecified atom stereocenters. The zero-order valence-electron chi connectivity index (χ0n) is 8.17. The highest BCUT2D eigenvalue weighted by Gasteiger charge is 2.24. The second-order valence-electron chi connectivity index (χ2n) is 3.65. The van der Waals surface area contributed by atoms with E-state index in [1.165, 1.54) is 11.1 Å². The lowest BCUT2D eigenvalue weighted by Crippen LogP contribution is -2.50. The molecule has 1 aliphatic heterocycles. The minimum absolute atomic E-state index is 0.175. The largest absolute Gasteiger partial charge is 0.352 e. The summed E-state index contributed by atoms with van der Waals surface area (Å²) in [6.45, 7) is 4.40. The first-order chi connectivity index (χ1) is 6.77. The van der Waals surface area contributed by atoms with E-state index in [1.807, 2.05) is 0 Å². The quantitative estimate of drug-likeness (QED) is 0.778. The van der Waals surface area contributed by atoms with Gasteiger partial charge in [-0.1, -0.05) is 0 Å². The van der Waals surface area contributed by atoms with E-state index in [-0.39, 0.29) is 11.8 Å². The van der Waals surface area contributed by atoms with Crippen LogP contribution in [0.15, 0.2) is 10.8 Å². The first-order valence-electron chi connectivity index (χ1n) is 4.77. The minimum Gasteiger partial charge on any atom is -0.352 e. The van der Waals surface area contributed by atoms with Crippen LogP contribution in [0.4, 0.5) is 0 Å². The van der Waals surface area contributed by atoms with Crippen LogP contribution >= 0.6 is 11.3 Å². The van der Waals surface area contributed by atoms with E-state index in [4.69, 9.17) is 0 Å². The third kappa shape index (κ3) is 1.96. The number of nitrogens with one attached hydrogen (secondary N) is 2. The van der Waals surface area contributed by atoms with Gasteiger partial charge in [0.1, 0.15) is 0 Å². The number of hydrogen-bond acceptors (Lipinski definition) is 3. The van der Waals surface area contributed by atoms with Crippen molar-refractivity contribution in [2.75, 3.05) is 13.1 Å². The van der Waals surface area contributed by atoms with Crippen LogP contribution in [0, 0.1) is 12.8 Å². The Morgan fingerprint density at radius 1 is 1.64 bits per heavy atom. The van der Waals surface area contributed by atoms with Crippen molar-refractivity contribution < 1.29 is 4.79 Å². The summed E-state index contributed by atoms with van der Waals surface area (Å²) in [4.78, 5) is 11.5. The molecule has 1 amide bonds. The van der Waals surface area contributed by atoms with Gasteiger partial charge < -0.3 is 10.6 Å². The smallest absolute Gasteiger partial charge is 0.225 e. The summed E-state index contributed by atoms with van der Waals surface area (Å²) < 4.78 is 0. The molecule has 2 rings (SSSR count). The second kappa shape index (κ2) is 4.11. The maximum Gasteiger partial charge on any atom is 0.225 e. The summed E-state index contributed by atoms with van der Waals surface area (Å²) in [6, 6.07) is 0. The molecule has 2 heterocycles. The molecule has 0 bridgehead atoms. The topological polar surface area (TPSA) is 41.1 Å². The fourth-order valence-electron chi connectivity index (χ4n) is 1.37. The zero-order chi connectivity index (χ0) is 9.97. The van der Waals surface area contributed by atoms with Gasteiger partial charge in [-0.25, -0.2) is 0 Å². The van der Waals surface area contributed by atoms with Crippen LogP contribution in [0.3, 0.4) is 0 Å². The molecule has 14 heavy (non-hydrogen) atoms. The molecule has 2 N–H and O–H groups in total. The summed E-state index contributed by atoms with van der Waals surface area (Å²) in [5, 5.41) is 10.2. The number of rotatable bonds is 3. The number of carbonyl (C=O) groups excluding carboxylic acids is 1. The molecule has 0 aliphatic carbocycles. The average Bonchev–Trinajstić information content (AvgIpc) is 2.44.